The first-order chi connectivity index (χ1) is 21.1. The highest BCUT2D eigenvalue weighted by molar-refractivity contribution is 5.76. The molecule has 0 heterocycles. The molecule has 4 bridgehead atoms. The Bertz CT molecular complexity index is 1260. The van der Waals surface area contributed by atoms with Gasteiger partial charge in [-0.1, -0.05) is 19.9 Å². The Hall–Kier alpha value is -3.01. The van der Waals surface area contributed by atoms with Gasteiger partial charge in [-0.25, -0.2) is 9.59 Å². The Balaban J connectivity index is 1.01. The third-order valence-electron chi connectivity index (χ3n) is 10.5. The van der Waals surface area contributed by atoms with Crippen LogP contribution < -0.4 is 25.4 Å². The van der Waals surface area contributed by atoms with Gasteiger partial charge in [0.2, 0.25) is 6.29 Å². The maximum atomic E-state index is 13.1. The molecule has 0 aliphatic heterocycles. The predicted molar refractivity (Wildman–Crippen MR) is 170 cm³/mol. The second kappa shape index (κ2) is 12.6. The SMILES string of the molecule is COc1cc(C)ccc1OC(=O)NC1CCC(NCC(C)(C)C(=O)OC(C)OC(=O)NC23CC4CC(C)(CC(C)(C4)C2)C3)CC1. The van der Waals surface area contributed by atoms with E-state index in [1.807, 2.05) is 32.9 Å². The summed E-state index contributed by atoms with van der Waals surface area (Å²) in [4.78, 5) is 38.5. The highest BCUT2D eigenvalue weighted by atomic mass is 16.7. The number of hydrogen-bond acceptors (Lipinski definition) is 8. The summed E-state index contributed by atoms with van der Waals surface area (Å²) in [5.41, 5.74) is 0.520. The number of amides is 2. The molecule has 3 atom stereocenters. The van der Waals surface area contributed by atoms with Crippen LogP contribution in [0.2, 0.25) is 0 Å². The first-order valence-electron chi connectivity index (χ1n) is 16.7. The molecule has 10 heteroatoms. The Morgan fingerprint density at radius 2 is 1.56 bits per heavy atom. The molecule has 250 valence electrons. The van der Waals surface area contributed by atoms with Crippen molar-refractivity contribution in [3.05, 3.63) is 23.8 Å². The van der Waals surface area contributed by atoms with Crippen molar-refractivity contribution in [2.24, 2.45) is 22.2 Å². The van der Waals surface area contributed by atoms with Gasteiger partial charge < -0.3 is 34.9 Å². The fraction of sp³-hybridized carbons (Fsp3) is 0.743. The lowest BCUT2D eigenvalue weighted by Crippen LogP contribution is -2.65. The van der Waals surface area contributed by atoms with E-state index in [-0.39, 0.29) is 28.5 Å². The molecule has 5 aliphatic rings. The minimum absolute atomic E-state index is 0.0123. The van der Waals surface area contributed by atoms with Gasteiger partial charge in [0.1, 0.15) is 0 Å². The zero-order valence-electron chi connectivity index (χ0n) is 28.2. The van der Waals surface area contributed by atoms with Gasteiger partial charge in [-0.2, -0.15) is 0 Å². The monoisotopic (exact) mass is 627 g/mol. The van der Waals surface area contributed by atoms with Crippen molar-refractivity contribution < 1.29 is 33.3 Å². The number of rotatable bonds is 10. The van der Waals surface area contributed by atoms with Crippen molar-refractivity contribution >= 4 is 18.2 Å². The normalized spacial score (nSPS) is 32.7. The van der Waals surface area contributed by atoms with Crippen molar-refractivity contribution in [3.63, 3.8) is 0 Å². The second-order valence-corrected chi connectivity index (χ2v) is 15.9. The quantitative estimate of drug-likeness (QED) is 0.202. The summed E-state index contributed by atoms with van der Waals surface area (Å²) in [6, 6.07) is 5.65. The number of carbonyl (C=O) groups is 3. The number of methoxy groups -OCH3 is 1. The molecule has 1 aromatic carbocycles. The summed E-state index contributed by atoms with van der Waals surface area (Å²) in [5.74, 6) is 1.13. The van der Waals surface area contributed by atoms with E-state index in [4.69, 9.17) is 18.9 Å². The minimum Gasteiger partial charge on any atom is -0.493 e. The third kappa shape index (κ3) is 8.05. The van der Waals surface area contributed by atoms with Gasteiger partial charge in [-0.05, 0) is 119 Å². The van der Waals surface area contributed by atoms with Crippen LogP contribution in [0.5, 0.6) is 11.5 Å². The summed E-state index contributed by atoms with van der Waals surface area (Å²) in [6.45, 7) is 12.3. The largest absolute Gasteiger partial charge is 0.493 e. The summed E-state index contributed by atoms with van der Waals surface area (Å²) < 4.78 is 21.9. The number of benzene rings is 1. The number of esters is 1. The highest BCUT2D eigenvalue weighted by Crippen LogP contribution is 2.66. The summed E-state index contributed by atoms with van der Waals surface area (Å²) in [5, 5.41) is 9.68. The molecule has 0 spiro atoms. The van der Waals surface area contributed by atoms with Crippen LogP contribution in [0.4, 0.5) is 9.59 Å². The van der Waals surface area contributed by atoms with Gasteiger partial charge in [0.05, 0.1) is 12.5 Å². The van der Waals surface area contributed by atoms with Crippen molar-refractivity contribution in [1.82, 2.24) is 16.0 Å². The lowest BCUT2D eigenvalue weighted by atomic mass is 9.43. The van der Waals surface area contributed by atoms with Crippen molar-refractivity contribution in [3.8, 4) is 11.5 Å². The van der Waals surface area contributed by atoms with Gasteiger partial charge in [0, 0.05) is 31.1 Å². The number of aryl methyl sites for hydroxylation is 1. The van der Waals surface area contributed by atoms with Crippen LogP contribution in [0, 0.1) is 29.1 Å². The predicted octanol–water partition coefficient (Wildman–Crippen LogP) is 6.38. The summed E-state index contributed by atoms with van der Waals surface area (Å²) in [6.07, 6.45) is 7.99. The molecule has 5 fully saturated rings. The van der Waals surface area contributed by atoms with Crippen LogP contribution in [0.3, 0.4) is 0 Å². The number of ether oxygens (including phenoxy) is 4. The van der Waals surface area contributed by atoms with Crippen LogP contribution in [0.1, 0.15) is 104 Å². The summed E-state index contributed by atoms with van der Waals surface area (Å²) in [7, 11) is 1.55. The molecule has 0 saturated heterocycles. The molecule has 10 nitrogen and oxygen atoms in total. The van der Waals surface area contributed by atoms with Crippen LogP contribution in [0.25, 0.3) is 0 Å². The number of alkyl carbamates (subject to hydrolysis) is 1. The molecule has 2 amide bonds. The fourth-order valence-corrected chi connectivity index (χ4v) is 9.39. The number of carbonyl (C=O) groups excluding carboxylic acids is 3. The molecule has 3 unspecified atom stereocenters. The molecule has 45 heavy (non-hydrogen) atoms. The lowest BCUT2D eigenvalue weighted by molar-refractivity contribution is -0.176. The van der Waals surface area contributed by atoms with E-state index in [1.54, 1.807) is 20.1 Å². The molecule has 3 N–H and O–H groups in total. The van der Waals surface area contributed by atoms with Gasteiger partial charge >= 0.3 is 18.2 Å². The molecule has 0 aromatic heterocycles. The first-order valence-corrected chi connectivity index (χ1v) is 16.7. The maximum Gasteiger partial charge on any atom is 0.412 e. The van der Waals surface area contributed by atoms with Crippen molar-refractivity contribution in [1.29, 1.82) is 0 Å². The van der Waals surface area contributed by atoms with Crippen LogP contribution in [0.15, 0.2) is 18.2 Å². The van der Waals surface area contributed by atoms with Gasteiger partial charge in [0.25, 0.3) is 0 Å². The number of nitrogens with one attached hydrogen (secondary N) is 3. The van der Waals surface area contributed by atoms with Crippen molar-refractivity contribution in [2.75, 3.05) is 13.7 Å². The van der Waals surface area contributed by atoms with Crippen LogP contribution in [-0.4, -0.2) is 55.7 Å². The van der Waals surface area contributed by atoms with Crippen LogP contribution >= 0.6 is 0 Å². The zero-order chi connectivity index (χ0) is 32.6. The Kier molecular flexibility index (Phi) is 9.38. The molecular formula is C35H53N3O7. The van der Waals surface area contributed by atoms with Crippen molar-refractivity contribution in [2.45, 2.75) is 130 Å². The zero-order valence-corrected chi connectivity index (χ0v) is 28.2. The average Bonchev–Trinajstić information content (AvgIpc) is 2.91. The second-order valence-electron chi connectivity index (χ2n) is 15.9. The third-order valence-corrected chi connectivity index (χ3v) is 10.5. The Morgan fingerprint density at radius 3 is 2.18 bits per heavy atom. The minimum atomic E-state index is -0.988. The van der Waals surface area contributed by atoms with E-state index in [2.05, 4.69) is 29.8 Å². The van der Waals surface area contributed by atoms with E-state index >= 15 is 0 Å². The van der Waals surface area contributed by atoms with E-state index in [1.165, 1.54) is 19.3 Å². The molecule has 5 aliphatic carbocycles. The average molecular weight is 628 g/mol. The Morgan fingerprint density at radius 1 is 0.911 bits per heavy atom. The maximum absolute atomic E-state index is 13.1. The molecule has 1 aromatic rings. The summed E-state index contributed by atoms with van der Waals surface area (Å²) >= 11 is 0. The first kappa shape index (κ1) is 33.4. The standard InChI is InChI=1S/C35H53N3O7/c1-22-8-13-27(28(14-22)42-7)45-30(40)37-26-11-9-25(10-12-26)36-21-32(3,4)29(39)43-23(2)44-31(41)38-35-17-24-15-33(5,19-35)18-34(6,16-24)20-35/h8,13-14,23-26,36H,9-12,15-21H2,1-7H3,(H,37,40)(H,38,41). The highest BCUT2D eigenvalue weighted by Gasteiger charge is 2.60. The van der Waals surface area contributed by atoms with Gasteiger partial charge in [0.15, 0.2) is 11.5 Å². The van der Waals surface area contributed by atoms with Gasteiger partial charge in [-0.15, -0.1) is 0 Å². The molecule has 5 saturated carbocycles. The van der Waals surface area contributed by atoms with E-state index < -0.39 is 29.9 Å². The topological polar surface area (TPSA) is 124 Å². The Labute approximate surface area is 268 Å². The fourth-order valence-electron chi connectivity index (χ4n) is 9.39. The van der Waals surface area contributed by atoms with Crippen LogP contribution in [-0.2, 0) is 14.3 Å². The van der Waals surface area contributed by atoms with E-state index in [9.17, 15) is 14.4 Å². The van der Waals surface area contributed by atoms with Gasteiger partial charge in [-0.3, -0.25) is 4.79 Å². The van der Waals surface area contributed by atoms with E-state index in [0.717, 1.165) is 50.5 Å². The van der Waals surface area contributed by atoms with E-state index in [0.29, 0.717) is 24.0 Å². The lowest BCUT2D eigenvalue weighted by Gasteiger charge is -2.65. The molecular weight excluding hydrogens is 574 g/mol. The molecule has 6 rings (SSSR count). The smallest absolute Gasteiger partial charge is 0.412 e. The molecule has 0 radical (unpaired) electrons. The number of hydrogen-bond donors (Lipinski definition) is 3.